The number of rotatable bonds is 5. The van der Waals surface area contributed by atoms with Gasteiger partial charge in [-0.1, -0.05) is 30.1 Å². The Labute approximate surface area is 133 Å². The van der Waals surface area contributed by atoms with Gasteiger partial charge in [-0.25, -0.2) is 4.79 Å². The Balaban J connectivity index is 2.06. The maximum absolute atomic E-state index is 12.0. The van der Waals surface area contributed by atoms with E-state index in [1.54, 1.807) is 36.4 Å². The SMILES string of the molecule is CCCOc1ccc(C(=O)Oc2ccc(Cl)cc2Cl)cc1. The minimum Gasteiger partial charge on any atom is -0.494 e. The number of hydrogen-bond donors (Lipinski definition) is 0. The van der Waals surface area contributed by atoms with Gasteiger partial charge in [0.1, 0.15) is 11.5 Å². The van der Waals surface area contributed by atoms with Crippen LogP contribution in [0.25, 0.3) is 0 Å². The molecule has 0 aromatic heterocycles. The summed E-state index contributed by atoms with van der Waals surface area (Å²) in [7, 11) is 0. The first-order valence-electron chi connectivity index (χ1n) is 6.50. The zero-order chi connectivity index (χ0) is 15.2. The molecule has 0 heterocycles. The maximum Gasteiger partial charge on any atom is 0.343 e. The van der Waals surface area contributed by atoms with Crippen LogP contribution < -0.4 is 9.47 Å². The van der Waals surface area contributed by atoms with Crippen LogP contribution in [0.5, 0.6) is 11.5 Å². The zero-order valence-corrected chi connectivity index (χ0v) is 12.9. The molecule has 2 aromatic carbocycles. The van der Waals surface area contributed by atoms with Gasteiger partial charge in [0.2, 0.25) is 0 Å². The van der Waals surface area contributed by atoms with Gasteiger partial charge in [0.25, 0.3) is 0 Å². The molecule has 0 aliphatic rings. The van der Waals surface area contributed by atoms with E-state index in [1.807, 2.05) is 6.92 Å². The molecule has 21 heavy (non-hydrogen) atoms. The number of benzene rings is 2. The second-order valence-electron chi connectivity index (χ2n) is 4.34. The Bertz CT molecular complexity index is 624. The van der Waals surface area contributed by atoms with Crippen molar-refractivity contribution in [2.75, 3.05) is 6.61 Å². The van der Waals surface area contributed by atoms with Gasteiger partial charge in [-0.2, -0.15) is 0 Å². The highest BCUT2D eigenvalue weighted by atomic mass is 35.5. The van der Waals surface area contributed by atoms with Gasteiger partial charge in [-0.15, -0.1) is 0 Å². The van der Waals surface area contributed by atoms with Gasteiger partial charge in [0.15, 0.2) is 0 Å². The van der Waals surface area contributed by atoms with E-state index < -0.39 is 5.97 Å². The summed E-state index contributed by atoms with van der Waals surface area (Å²) in [4.78, 5) is 12.0. The molecule has 0 bridgehead atoms. The van der Waals surface area contributed by atoms with E-state index in [-0.39, 0.29) is 5.75 Å². The van der Waals surface area contributed by atoms with Gasteiger partial charge in [0, 0.05) is 5.02 Å². The third kappa shape index (κ3) is 4.38. The molecule has 0 saturated carbocycles. The standard InChI is InChI=1S/C16H14Cl2O3/c1-2-9-20-13-6-3-11(4-7-13)16(19)21-15-8-5-12(17)10-14(15)18/h3-8,10H,2,9H2,1H3. The topological polar surface area (TPSA) is 35.5 Å². The maximum atomic E-state index is 12.0. The summed E-state index contributed by atoms with van der Waals surface area (Å²) in [6, 6.07) is 11.5. The predicted molar refractivity (Wildman–Crippen MR) is 83.6 cm³/mol. The van der Waals surface area contributed by atoms with E-state index >= 15 is 0 Å². The third-order valence-electron chi connectivity index (χ3n) is 2.66. The molecule has 0 spiro atoms. The summed E-state index contributed by atoms with van der Waals surface area (Å²) < 4.78 is 10.7. The number of carbonyl (C=O) groups excluding carboxylic acids is 1. The Kier molecular flexibility index (Phi) is 5.48. The molecule has 3 nitrogen and oxygen atoms in total. The molecule has 0 aliphatic heterocycles. The van der Waals surface area contributed by atoms with Crippen molar-refractivity contribution in [2.24, 2.45) is 0 Å². The monoisotopic (exact) mass is 324 g/mol. The largest absolute Gasteiger partial charge is 0.494 e. The minimum absolute atomic E-state index is 0.275. The lowest BCUT2D eigenvalue weighted by Crippen LogP contribution is -2.08. The van der Waals surface area contributed by atoms with Crippen molar-refractivity contribution in [3.05, 3.63) is 58.1 Å². The molecule has 2 rings (SSSR count). The number of hydrogen-bond acceptors (Lipinski definition) is 3. The van der Waals surface area contributed by atoms with Crippen LogP contribution in [-0.2, 0) is 0 Å². The fourth-order valence-electron chi connectivity index (χ4n) is 1.62. The average Bonchev–Trinajstić information content (AvgIpc) is 2.48. The van der Waals surface area contributed by atoms with E-state index in [4.69, 9.17) is 32.7 Å². The van der Waals surface area contributed by atoms with Crippen LogP contribution >= 0.6 is 23.2 Å². The number of carbonyl (C=O) groups is 1. The van der Waals surface area contributed by atoms with Gasteiger partial charge >= 0.3 is 5.97 Å². The summed E-state index contributed by atoms with van der Waals surface area (Å²) in [5.41, 5.74) is 0.421. The summed E-state index contributed by atoms with van der Waals surface area (Å²) in [6.45, 7) is 2.67. The molecule has 110 valence electrons. The zero-order valence-electron chi connectivity index (χ0n) is 11.4. The molecular formula is C16H14Cl2O3. The highest BCUT2D eigenvalue weighted by Gasteiger charge is 2.11. The highest BCUT2D eigenvalue weighted by molar-refractivity contribution is 6.35. The first-order chi connectivity index (χ1) is 10.1. The third-order valence-corrected chi connectivity index (χ3v) is 3.19. The molecule has 0 amide bonds. The quantitative estimate of drug-likeness (QED) is 0.573. The average molecular weight is 325 g/mol. The summed E-state index contributed by atoms with van der Waals surface area (Å²) >= 11 is 11.8. The highest BCUT2D eigenvalue weighted by Crippen LogP contribution is 2.28. The van der Waals surface area contributed by atoms with E-state index in [1.165, 1.54) is 6.07 Å². The van der Waals surface area contributed by atoms with E-state index in [9.17, 15) is 4.79 Å². The van der Waals surface area contributed by atoms with Gasteiger partial charge in [0.05, 0.1) is 17.2 Å². The van der Waals surface area contributed by atoms with E-state index in [2.05, 4.69) is 0 Å². The molecule has 0 radical (unpaired) electrons. The molecule has 0 fully saturated rings. The smallest absolute Gasteiger partial charge is 0.343 e. The van der Waals surface area contributed by atoms with Crippen LogP contribution in [0.4, 0.5) is 0 Å². The van der Waals surface area contributed by atoms with Crippen LogP contribution in [0.2, 0.25) is 10.0 Å². The van der Waals surface area contributed by atoms with Gasteiger partial charge in [-0.3, -0.25) is 0 Å². The molecule has 0 aliphatic carbocycles. The minimum atomic E-state index is -0.485. The van der Waals surface area contributed by atoms with Crippen molar-refractivity contribution in [1.29, 1.82) is 0 Å². The van der Waals surface area contributed by atoms with Crippen LogP contribution in [0.3, 0.4) is 0 Å². The van der Waals surface area contributed by atoms with Crippen LogP contribution in [0, 0.1) is 0 Å². The van der Waals surface area contributed by atoms with Crippen LogP contribution in [-0.4, -0.2) is 12.6 Å². The summed E-state index contributed by atoms with van der Waals surface area (Å²) in [5, 5.41) is 0.774. The van der Waals surface area contributed by atoms with Crippen LogP contribution in [0.1, 0.15) is 23.7 Å². The molecular weight excluding hydrogens is 311 g/mol. The lowest BCUT2D eigenvalue weighted by molar-refractivity contribution is 0.0735. The van der Waals surface area contributed by atoms with Crippen molar-refractivity contribution >= 4 is 29.2 Å². The summed E-state index contributed by atoms with van der Waals surface area (Å²) in [5.74, 6) is 0.511. The number of ether oxygens (including phenoxy) is 2. The molecule has 0 unspecified atom stereocenters. The molecule has 0 atom stereocenters. The van der Waals surface area contributed by atoms with Crippen molar-refractivity contribution < 1.29 is 14.3 Å². The lowest BCUT2D eigenvalue weighted by atomic mass is 10.2. The normalized spacial score (nSPS) is 10.2. The number of halogens is 2. The molecule has 0 saturated heterocycles. The Morgan fingerprint density at radius 3 is 2.43 bits per heavy atom. The summed E-state index contributed by atoms with van der Waals surface area (Å²) in [6.07, 6.45) is 0.929. The lowest BCUT2D eigenvalue weighted by Gasteiger charge is -2.08. The Morgan fingerprint density at radius 2 is 1.81 bits per heavy atom. The predicted octanol–water partition coefficient (Wildman–Crippen LogP) is 5.00. The number of esters is 1. The first-order valence-corrected chi connectivity index (χ1v) is 7.26. The van der Waals surface area contributed by atoms with Crippen molar-refractivity contribution in [2.45, 2.75) is 13.3 Å². The van der Waals surface area contributed by atoms with Crippen molar-refractivity contribution in [1.82, 2.24) is 0 Å². The van der Waals surface area contributed by atoms with Crippen LogP contribution in [0.15, 0.2) is 42.5 Å². The van der Waals surface area contributed by atoms with Crippen molar-refractivity contribution in [3.8, 4) is 11.5 Å². The fourth-order valence-corrected chi connectivity index (χ4v) is 2.07. The van der Waals surface area contributed by atoms with Gasteiger partial charge < -0.3 is 9.47 Å². The molecule has 0 N–H and O–H groups in total. The van der Waals surface area contributed by atoms with E-state index in [0.717, 1.165) is 12.2 Å². The van der Waals surface area contributed by atoms with Gasteiger partial charge in [-0.05, 0) is 48.9 Å². The fraction of sp³-hybridized carbons (Fsp3) is 0.188. The first kappa shape index (κ1) is 15.7. The second kappa shape index (κ2) is 7.34. The van der Waals surface area contributed by atoms with Crippen molar-refractivity contribution in [3.63, 3.8) is 0 Å². The van der Waals surface area contributed by atoms with E-state index in [0.29, 0.717) is 22.2 Å². The Morgan fingerprint density at radius 1 is 1.10 bits per heavy atom. The Hall–Kier alpha value is -1.71. The molecule has 5 heteroatoms. The second-order valence-corrected chi connectivity index (χ2v) is 5.18. The molecule has 2 aromatic rings.